The maximum atomic E-state index is 6.26. The standard InChI is InChI=1S/C17H18ClNOS2/c1-11(2)7-9-22-16-10-13(4-5-15(16)18)19-17(21)14-6-8-20-12(14)3/h4-8,10H,9H2,1-3H3,(H,19,21). The van der Waals surface area contributed by atoms with Crippen LogP contribution in [0.15, 0.2) is 51.5 Å². The average molecular weight is 352 g/mol. The minimum atomic E-state index is 0.647. The van der Waals surface area contributed by atoms with Crippen molar-refractivity contribution in [2.24, 2.45) is 0 Å². The van der Waals surface area contributed by atoms with Crippen molar-refractivity contribution < 1.29 is 4.42 Å². The Balaban J connectivity index is 2.10. The van der Waals surface area contributed by atoms with E-state index in [2.05, 4.69) is 25.2 Å². The van der Waals surface area contributed by atoms with Crippen LogP contribution in [-0.2, 0) is 0 Å². The molecule has 1 N–H and O–H groups in total. The zero-order valence-corrected chi connectivity index (χ0v) is 15.2. The SMILES string of the molecule is CC(C)=CCSc1cc(NC(=S)c2ccoc2C)ccc1Cl. The molecule has 2 aromatic rings. The van der Waals surface area contributed by atoms with Gasteiger partial charge in [0.05, 0.1) is 16.8 Å². The molecular formula is C17H18ClNOS2. The van der Waals surface area contributed by atoms with Crippen molar-refractivity contribution >= 4 is 46.3 Å². The third-order valence-corrected chi connectivity index (χ3v) is 4.77. The van der Waals surface area contributed by atoms with Crippen LogP contribution in [0.5, 0.6) is 0 Å². The van der Waals surface area contributed by atoms with Gasteiger partial charge in [0.15, 0.2) is 0 Å². The fraction of sp³-hybridized carbons (Fsp3) is 0.235. The number of benzene rings is 1. The van der Waals surface area contributed by atoms with Crippen molar-refractivity contribution in [2.45, 2.75) is 25.7 Å². The molecule has 1 heterocycles. The van der Waals surface area contributed by atoms with Crippen molar-refractivity contribution in [2.75, 3.05) is 11.1 Å². The summed E-state index contributed by atoms with van der Waals surface area (Å²) in [4.78, 5) is 1.68. The minimum Gasteiger partial charge on any atom is -0.469 e. The molecular weight excluding hydrogens is 334 g/mol. The number of allylic oxidation sites excluding steroid dienone is 1. The van der Waals surface area contributed by atoms with Crippen LogP contribution in [0.25, 0.3) is 0 Å². The molecule has 0 fully saturated rings. The van der Waals surface area contributed by atoms with E-state index in [0.717, 1.165) is 32.7 Å². The predicted molar refractivity (Wildman–Crippen MR) is 100 cm³/mol. The van der Waals surface area contributed by atoms with E-state index in [1.165, 1.54) is 5.57 Å². The van der Waals surface area contributed by atoms with Crippen LogP contribution in [0.2, 0.25) is 5.02 Å². The zero-order chi connectivity index (χ0) is 16.1. The lowest BCUT2D eigenvalue weighted by Gasteiger charge is -2.10. The van der Waals surface area contributed by atoms with Crippen LogP contribution in [-0.4, -0.2) is 10.7 Å². The van der Waals surface area contributed by atoms with Gasteiger partial charge >= 0.3 is 0 Å². The molecule has 0 unspecified atom stereocenters. The quantitative estimate of drug-likeness (QED) is 0.400. The Bertz CT molecular complexity index is 702. The molecule has 0 radical (unpaired) electrons. The summed E-state index contributed by atoms with van der Waals surface area (Å²) in [6.45, 7) is 6.07. The molecule has 2 rings (SSSR count). The predicted octanol–water partition coefficient (Wildman–Crippen LogP) is 6.09. The molecule has 0 bridgehead atoms. The van der Waals surface area contributed by atoms with Crippen LogP contribution >= 0.6 is 35.6 Å². The third-order valence-electron chi connectivity index (χ3n) is 3.02. The number of hydrogen-bond acceptors (Lipinski definition) is 3. The summed E-state index contributed by atoms with van der Waals surface area (Å²) < 4.78 is 5.28. The molecule has 1 aromatic carbocycles. The van der Waals surface area contributed by atoms with Crippen molar-refractivity contribution in [1.29, 1.82) is 0 Å². The molecule has 0 spiro atoms. The Hall–Kier alpha value is -1.23. The monoisotopic (exact) mass is 351 g/mol. The molecule has 0 saturated carbocycles. The van der Waals surface area contributed by atoms with Crippen molar-refractivity contribution in [1.82, 2.24) is 0 Å². The molecule has 116 valence electrons. The number of thioether (sulfide) groups is 1. The summed E-state index contributed by atoms with van der Waals surface area (Å²) in [5, 5.41) is 3.99. The van der Waals surface area contributed by atoms with E-state index in [0.29, 0.717) is 4.99 Å². The van der Waals surface area contributed by atoms with E-state index >= 15 is 0 Å². The second kappa shape index (κ2) is 7.86. The van der Waals surface area contributed by atoms with E-state index in [4.69, 9.17) is 28.2 Å². The number of furan rings is 1. The Kier molecular flexibility index (Phi) is 6.12. The number of halogens is 1. The highest BCUT2D eigenvalue weighted by Gasteiger charge is 2.09. The van der Waals surface area contributed by atoms with Crippen LogP contribution in [0.3, 0.4) is 0 Å². The number of rotatable bonds is 5. The molecule has 2 nitrogen and oxygen atoms in total. The normalized spacial score (nSPS) is 10.4. The van der Waals surface area contributed by atoms with Crippen molar-refractivity contribution in [3.63, 3.8) is 0 Å². The molecule has 0 aliphatic heterocycles. The summed E-state index contributed by atoms with van der Waals surface area (Å²) in [6.07, 6.45) is 3.82. The molecule has 0 atom stereocenters. The van der Waals surface area contributed by atoms with Gasteiger partial charge in [-0.1, -0.05) is 35.5 Å². The summed E-state index contributed by atoms with van der Waals surface area (Å²) in [5.41, 5.74) is 3.13. The lowest BCUT2D eigenvalue weighted by atomic mass is 10.2. The lowest BCUT2D eigenvalue weighted by Crippen LogP contribution is -2.10. The summed E-state index contributed by atoms with van der Waals surface area (Å²) >= 11 is 13.4. The maximum absolute atomic E-state index is 6.26. The Morgan fingerprint density at radius 1 is 1.36 bits per heavy atom. The van der Waals surface area contributed by atoms with E-state index in [1.807, 2.05) is 31.2 Å². The van der Waals surface area contributed by atoms with Crippen molar-refractivity contribution in [3.05, 3.63) is 58.5 Å². The van der Waals surface area contributed by atoms with E-state index in [9.17, 15) is 0 Å². The van der Waals surface area contributed by atoms with Crippen LogP contribution < -0.4 is 5.32 Å². The highest BCUT2D eigenvalue weighted by Crippen LogP contribution is 2.30. The maximum Gasteiger partial charge on any atom is 0.114 e. The number of nitrogens with one attached hydrogen (secondary N) is 1. The van der Waals surface area contributed by atoms with E-state index < -0.39 is 0 Å². The van der Waals surface area contributed by atoms with Gasteiger partial charge in [-0.2, -0.15) is 0 Å². The first kappa shape index (κ1) is 17.1. The van der Waals surface area contributed by atoms with E-state index in [1.54, 1.807) is 18.0 Å². The van der Waals surface area contributed by atoms with Gasteiger partial charge in [0, 0.05) is 16.3 Å². The Morgan fingerprint density at radius 3 is 2.77 bits per heavy atom. The zero-order valence-electron chi connectivity index (χ0n) is 12.8. The van der Waals surface area contributed by atoms with Crippen LogP contribution in [0.4, 0.5) is 5.69 Å². The molecule has 0 amide bonds. The first-order valence-electron chi connectivity index (χ1n) is 6.88. The van der Waals surface area contributed by atoms with Crippen LogP contribution in [0, 0.1) is 6.92 Å². The summed E-state index contributed by atoms with van der Waals surface area (Å²) in [5.74, 6) is 1.71. The largest absolute Gasteiger partial charge is 0.469 e. The molecule has 0 aliphatic carbocycles. The average Bonchev–Trinajstić information content (AvgIpc) is 2.88. The van der Waals surface area contributed by atoms with Gasteiger partial charge in [0.2, 0.25) is 0 Å². The Morgan fingerprint density at radius 2 is 2.14 bits per heavy atom. The second-order valence-electron chi connectivity index (χ2n) is 5.08. The molecule has 22 heavy (non-hydrogen) atoms. The molecule has 0 saturated heterocycles. The van der Waals surface area contributed by atoms with Gasteiger partial charge in [-0.25, -0.2) is 0 Å². The van der Waals surface area contributed by atoms with Gasteiger partial charge in [-0.3, -0.25) is 0 Å². The molecule has 1 aromatic heterocycles. The van der Waals surface area contributed by atoms with Gasteiger partial charge in [-0.05, 0) is 45.0 Å². The highest BCUT2D eigenvalue weighted by atomic mass is 35.5. The van der Waals surface area contributed by atoms with Gasteiger partial charge in [0.1, 0.15) is 10.7 Å². The molecule has 0 aliphatic rings. The topological polar surface area (TPSA) is 25.2 Å². The van der Waals surface area contributed by atoms with Crippen LogP contribution in [0.1, 0.15) is 25.2 Å². The number of aryl methyl sites for hydroxylation is 1. The number of anilines is 1. The molecule has 5 heteroatoms. The second-order valence-corrected chi connectivity index (χ2v) is 6.96. The number of thiocarbonyl (C=S) groups is 1. The van der Waals surface area contributed by atoms with Gasteiger partial charge < -0.3 is 9.73 Å². The fourth-order valence-corrected chi connectivity index (χ4v) is 3.43. The lowest BCUT2D eigenvalue weighted by molar-refractivity contribution is 0.533. The summed E-state index contributed by atoms with van der Waals surface area (Å²) in [7, 11) is 0. The minimum absolute atomic E-state index is 0.647. The fourth-order valence-electron chi connectivity index (χ4n) is 1.81. The first-order valence-corrected chi connectivity index (χ1v) is 8.65. The smallest absolute Gasteiger partial charge is 0.114 e. The van der Waals surface area contributed by atoms with Gasteiger partial charge in [-0.15, -0.1) is 11.8 Å². The van der Waals surface area contributed by atoms with Crippen molar-refractivity contribution in [3.8, 4) is 0 Å². The van der Waals surface area contributed by atoms with Gasteiger partial charge in [0.25, 0.3) is 0 Å². The highest BCUT2D eigenvalue weighted by molar-refractivity contribution is 7.99. The summed E-state index contributed by atoms with van der Waals surface area (Å²) in [6, 6.07) is 7.70. The van der Waals surface area contributed by atoms with E-state index in [-0.39, 0.29) is 0 Å². The number of hydrogen-bond donors (Lipinski definition) is 1. The first-order chi connectivity index (χ1) is 10.5. The Labute approximate surface area is 145 Å². The third kappa shape index (κ3) is 4.63.